The predicted octanol–water partition coefficient (Wildman–Crippen LogP) is 0.371. The number of ether oxygens (including phenoxy) is 1. The maximum Gasteiger partial charge on any atom is 0.268 e. The molecule has 1 fully saturated rings. The van der Waals surface area contributed by atoms with Gasteiger partial charge >= 0.3 is 0 Å². The second kappa shape index (κ2) is 7.34. The molecule has 9 heteroatoms. The van der Waals surface area contributed by atoms with E-state index in [-0.39, 0.29) is 10.8 Å². The van der Waals surface area contributed by atoms with Crippen LogP contribution in [0.2, 0.25) is 0 Å². The third-order valence-corrected chi connectivity index (χ3v) is 5.89. The quantitative estimate of drug-likeness (QED) is 0.827. The van der Waals surface area contributed by atoms with Crippen LogP contribution in [0.1, 0.15) is 16.1 Å². The Kier molecular flexibility index (Phi) is 5.16. The van der Waals surface area contributed by atoms with Crippen molar-refractivity contribution in [2.24, 2.45) is 7.05 Å². The molecule has 0 spiro atoms. The summed E-state index contributed by atoms with van der Waals surface area (Å²) in [5, 5.41) is 2.78. The minimum Gasteiger partial charge on any atom is -0.379 e. The monoisotopic (exact) mass is 364 g/mol. The van der Waals surface area contributed by atoms with E-state index in [1.807, 2.05) is 0 Å². The van der Waals surface area contributed by atoms with E-state index in [0.29, 0.717) is 38.5 Å². The highest BCUT2D eigenvalue weighted by Crippen LogP contribution is 2.19. The first-order valence-corrected chi connectivity index (χ1v) is 9.34. The maximum absolute atomic E-state index is 12.7. The highest BCUT2D eigenvalue weighted by Gasteiger charge is 2.28. The van der Waals surface area contributed by atoms with Gasteiger partial charge in [-0.2, -0.15) is 4.31 Å². The van der Waals surface area contributed by atoms with E-state index in [0.717, 1.165) is 5.56 Å². The summed E-state index contributed by atoms with van der Waals surface area (Å²) in [6.45, 7) is 1.75. The molecule has 0 aromatic carbocycles. The molecule has 2 aromatic rings. The van der Waals surface area contributed by atoms with Crippen molar-refractivity contribution in [3.05, 3.63) is 48.0 Å². The normalized spacial score (nSPS) is 15.9. The van der Waals surface area contributed by atoms with E-state index in [4.69, 9.17) is 4.74 Å². The van der Waals surface area contributed by atoms with Crippen LogP contribution in [-0.2, 0) is 28.4 Å². The summed E-state index contributed by atoms with van der Waals surface area (Å²) < 4.78 is 33.4. The van der Waals surface area contributed by atoms with Crippen LogP contribution in [0.15, 0.2) is 41.7 Å². The standard InChI is InChI=1S/C16H20N4O4S/c1-19-12-14(25(22,23)20-6-8-24-9-7-20)10-15(19)16(21)18-11-13-2-4-17-5-3-13/h2-5,10,12H,6-9,11H2,1H3,(H,18,21). The Morgan fingerprint density at radius 3 is 2.64 bits per heavy atom. The summed E-state index contributed by atoms with van der Waals surface area (Å²) in [4.78, 5) is 16.4. The lowest BCUT2D eigenvalue weighted by Crippen LogP contribution is -2.40. The number of pyridine rings is 1. The average Bonchev–Trinajstić information content (AvgIpc) is 3.04. The first-order chi connectivity index (χ1) is 12.0. The van der Waals surface area contributed by atoms with Gasteiger partial charge in [-0.15, -0.1) is 0 Å². The molecule has 134 valence electrons. The van der Waals surface area contributed by atoms with E-state index in [1.54, 1.807) is 31.6 Å². The van der Waals surface area contributed by atoms with E-state index in [1.165, 1.54) is 21.1 Å². The van der Waals surface area contributed by atoms with Gasteiger partial charge in [0.2, 0.25) is 10.0 Å². The number of sulfonamides is 1. The fourth-order valence-electron chi connectivity index (χ4n) is 2.61. The third kappa shape index (κ3) is 3.89. The van der Waals surface area contributed by atoms with E-state index >= 15 is 0 Å². The van der Waals surface area contributed by atoms with Gasteiger partial charge < -0.3 is 14.6 Å². The number of carbonyl (C=O) groups excluding carboxylic acids is 1. The van der Waals surface area contributed by atoms with Crippen LogP contribution >= 0.6 is 0 Å². The van der Waals surface area contributed by atoms with Crippen LogP contribution in [0.5, 0.6) is 0 Å². The molecule has 1 aliphatic heterocycles. The number of nitrogens with one attached hydrogen (secondary N) is 1. The summed E-state index contributed by atoms with van der Waals surface area (Å²) in [5.41, 5.74) is 1.21. The van der Waals surface area contributed by atoms with Gasteiger partial charge in [0.1, 0.15) is 10.6 Å². The topological polar surface area (TPSA) is 93.5 Å². The van der Waals surface area contributed by atoms with Crippen LogP contribution < -0.4 is 5.32 Å². The number of morpholine rings is 1. The van der Waals surface area contributed by atoms with Gasteiger partial charge in [0.25, 0.3) is 5.91 Å². The summed E-state index contributed by atoms with van der Waals surface area (Å²) in [7, 11) is -1.97. The number of amides is 1. The minimum atomic E-state index is -3.62. The zero-order chi connectivity index (χ0) is 17.9. The Hall–Kier alpha value is -2.23. The molecule has 2 aromatic heterocycles. The SMILES string of the molecule is Cn1cc(S(=O)(=O)N2CCOCC2)cc1C(=O)NCc1ccncc1. The van der Waals surface area contributed by atoms with E-state index in [9.17, 15) is 13.2 Å². The molecule has 0 atom stereocenters. The Labute approximate surface area is 146 Å². The first kappa shape index (κ1) is 17.6. The lowest BCUT2D eigenvalue weighted by molar-refractivity contribution is 0.0730. The van der Waals surface area contributed by atoms with Crippen molar-refractivity contribution >= 4 is 15.9 Å². The number of rotatable bonds is 5. The molecule has 3 rings (SSSR count). The average molecular weight is 364 g/mol. The van der Waals surface area contributed by atoms with Gasteiger partial charge in [-0.25, -0.2) is 8.42 Å². The van der Waals surface area contributed by atoms with Crippen molar-refractivity contribution in [2.75, 3.05) is 26.3 Å². The zero-order valence-corrected chi connectivity index (χ0v) is 14.7. The number of nitrogens with zero attached hydrogens (tertiary/aromatic N) is 3. The van der Waals surface area contributed by atoms with Crippen molar-refractivity contribution in [1.29, 1.82) is 0 Å². The second-order valence-corrected chi connectivity index (χ2v) is 7.66. The molecule has 0 aliphatic carbocycles. The molecule has 1 N–H and O–H groups in total. The fourth-order valence-corrected chi connectivity index (χ4v) is 4.09. The highest BCUT2D eigenvalue weighted by atomic mass is 32.2. The lowest BCUT2D eigenvalue weighted by Gasteiger charge is -2.25. The molecule has 3 heterocycles. The van der Waals surface area contributed by atoms with Crippen molar-refractivity contribution < 1.29 is 17.9 Å². The number of carbonyl (C=O) groups is 1. The number of hydrogen-bond acceptors (Lipinski definition) is 5. The number of aromatic nitrogens is 2. The Morgan fingerprint density at radius 2 is 1.96 bits per heavy atom. The van der Waals surface area contributed by atoms with Crippen LogP contribution in [0, 0.1) is 0 Å². The van der Waals surface area contributed by atoms with Crippen LogP contribution in [0.3, 0.4) is 0 Å². The van der Waals surface area contributed by atoms with Crippen LogP contribution in [0.4, 0.5) is 0 Å². The van der Waals surface area contributed by atoms with Crippen molar-refractivity contribution in [2.45, 2.75) is 11.4 Å². The Bertz CT molecular complexity index is 842. The van der Waals surface area contributed by atoms with Gasteiger partial charge in [-0.05, 0) is 23.8 Å². The summed E-state index contributed by atoms with van der Waals surface area (Å²) >= 11 is 0. The third-order valence-electron chi connectivity index (χ3n) is 4.02. The van der Waals surface area contributed by atoms with Crippen LogP contribution in [-0.4, -0.2) is 54.5 Å². The highest BCUT2D eigenvalue weighted by molar-refractivity contribution is 7.89. The zero-order valence-electron chi connectivity index (χ0n) is 13.9. The molecule has 0 saturated carbocycles. The minimum absolute atomic E-state index is 0.117. The van der Waals surface area contributed by atoms with Crippen molar-refractivity contribution in [1.82, 2.24) is 19.2 Å². The Morgan fingerprint density at radius 1 is 1.28 bits per heavy atom. The molecule has 0 unspecified atom stereocenters. The van der Waals surface area contributed by atoms with Crippen molar-refractivity contribution in [3.63, 3.8) is 0 Å². The van der Waals surface area contributed by atoms with Gasteiger partial charge in [-0.3, -0.25) is 9.78 Å². The molecule has 1 saturated heterocycles. The molecular weight excluding hydrogens is 344 g/mol. The molecule has 1 aliphatic rings. The molecular formula is C16H20N4O4S. The fraction of sp³-hybridized carbons (Fsp3) is 0.375. The number of hydrogen-bond donors (Lipinski definition) is 1. The Balaban J connectivity index is 1.74. The summed E-state index contributed by atoms with van der Waals surface area (Å²) in [5.74, 6) is -0.331. The van der Waals surface area contributed by atoms with Crippen molar-refractivity contribution in [3.8, 4) is 0 Å². The van der Waals surface area contributed by atoms with Gasteiger partial charge in [0, 0.05) is 45.3 Å². The molecule has 0 bridgehead atoms. The second-order valence-electron chi connectivity index (χ2n) is 5.73. The molecule has 0 radical (unpaired) electrons. The van der Waals surface area contributed by atoms with Gasteiger partial charge in [0.15, 0.2) is 0 Å². The predicted molar refractivity (Wildman–Crippen MR) is 90.4 cm³/mol. The molecule has 25 heavy (non-hydrogen) atoms. The van der Waals surface area contributed by atoms with Gasteiger partial charge in [-0.1, -0.05) is 0 Å². The number of aryl methyl sites for hydroxylation is 1. The summed E-state index contributed by atoms with van der Waals surface area (Å²) in [6, 6.07) is 5.02. The summed E-state index contributed by atoms with van der Waals surface area (Å²) in [6.07, 6.45) is 4.76. The van der Waals surface area contributed by atoms with Gasteiger partial charge in [0.05, 0.1) is 13.2 Å². The van der Waals surface area contributed by atoms with E-state index < -0.39 is 10.0 Å². The maximum atomic E-state index is 12.7. The lowest BCUT2D eigenvalue weighted by atomic mass is 10.2. The van der Waals surface area contributed by atoms with Crippen LogP contribution in [0.25, 0.3) is 0 Å². The first-order valence-electron chi connectivity index (χ1n) is 7.90. The largest absolute Gasteiger partial charge is 0.379 e. The molecule has 8 nitrogen and oxygen atoms in total. The molecule has 1 amide bonds. The smallest absolute Gasteiger partial charge is 0.268 e. The van der Waals surface area contributed by atoms with E-state index in [2.05, 4.69) is 10.3 Å².